The van der Waals surface area contributed by atoms with Crippen molar-refractivity contribution < 1.29 is 9.90 Å². The van der Waals surface area contributed by atoms with E-state index in [1.54, 1.807) is 25.2 Å². The lowest BCUT2D eigenvalue weighted by Gasteiger charge is -2.19. The molecule has 0 unspecified atom stereocenters. The maximum atomic E-state index is 11.7. The van der Waals surface area contributed by atoms with E-state index in [0.29, 0.717) is 11.7 Å². The Labute approximate surface area is 93.0 Å². The fraction of sp³-hybridized carbons (Fsp3) is 0.556. The van der Waals surface area contributed by atoms with Gasteiger partial charge in [-0.05, 0) is 7.05 Å². The summed E-state index contributed by atoms with van der Waals surface area (Å²) >= 11 is 1.43. The van der Waals surface area contributed by atoms with Crippen LogP contribution < -0.4 is 4.90 Å². The van der Waals surface area contributed by atoms with E-state index >= 15 is 0 Å². The molecular formula is C9H15N3O2S. The molecule has 0 aromatic carbocycles. The highest BCUT2D eigenvalue weighted by Crippen LogP contribution is 2.15. The SMILES string of the molecule is CN(CCO)CC(=O)N(C)c1nccs1. The van der Waals surface area contributed by atoms with Gasteiger partial charge in [0.1, 0.15) is 0 Å². The highest BCUT2D eigenvalue weighted by Gasteiger charge is 2.14. The molecule has 0 aliphatic heterocycles. The van der Waals surface area contributed by atoms with Crippen molar-refractivity contribution in [2.24, 2.45) is 0 Å². The van der Waals surface area contributed by atoms with Gasteiger partial charge in [0.2, 0.25) is 5.91 Å². The van der Waals surface area contributed by atoms with Gasteiger partial charge in [-0.25, -0.2) is 4.98 Å². The van der Waals surface area contributed by atoms with Crippen LogP contribution in [0.25, 0.3) is 0 Å². The van der Waals surface area contributed by atoms with Crippen LogP contribution in [-0.2, 0) is 4.79 Å². The average Bonchev–Trinajstić information content (AvgIpc) is 2.69. The molecule has 0 saturated heterocycles. The quantitative estimate of drug-likeness (QED) is 0.774. The summed E-state index contributed by atoms with van der Waals surface area (Å²) < 4.78 is 0. The Balaban J connectivity index is 2.47. The van der Waals surface area contributed by atoms with Crippen molar-refractivity contribution in [1.82, 2.24) is 9.88 Å². The largest absolute Gasteiger partial charge is 0.395 e. The molecule has 1 aromatic rings. The Kier molecular flexibility index (Phi) is 4.67. The van der Waals surface area contributed by atoms with E-state index in [-0.39, 0.29) is 19.1 Å². The topological polar surface area (TPSA) is 56.7 Å². The first kappa shape index (κ1) is 12.1. The van der Waals surface area contributed by atoms with Crippen molar-refractivity contribution in [3.05, 3.63) is 11.6 Å². The van der Waals surface area contributed by atoms with E-state index in [9.17, 15) is 4.79 Å². The predicted octanol–water partition coefficient (Wildman–Crippen LogP) is 0.0300. The number of aliphatic hydroxyl groups is 1. The molecule has 15 heavy (non-hydrogen) atoms. The molecule has 0 aliphatic rings. The van der Waals surface area contributed by atoms with Gasteiger partial charge in [-0.15, -0.1) is 11.3 Å². The van der Waals surface area contributed by atoms with E-state index in [1.807, 2.05) is 5.38 Å². The first-order chi connectivity index (χ1) is 7.15. The summed E-state index contributed by atoms with van der Waals surface area (Å²) in [5.74, 6) is -0.0269. The number of aromatic nitrogens is 1. The smallest absolute Gasteiger partial charge is 0.242 e. The number of rotatable bonds is 5. The minimum Gasteiger partial charge on any atom is -0.395 e. The lowest BCUT2D eigenvalue weighted by atomic mass is 10.4. The lowest BCUT2D eigenvalue weighted by molar-refractivity contribution is -0.119. The zero-order chi connectivity index (χ0) is 11.3. The third kappa shape index (κ3) is 3.58. The molecule has 1 heterocycles. The molecule has 1 amide bonds. The number of likely N-dealkylation sites (N-methyl/N-ethyl adjacent to an activating group) is 2. The second-order valence-electron chi connectivity index (χ2n) is 3.23. The highest BCUT2D eigenvalue weighted by atomic mass is 32.1. The van der Waals surface area contributed by atoms with Crippen LogP contribution in [0.15, 0.2) is 11.6 Å². The van der Waals surface area contributed by atoms with Crippen LogP contribution >= 0.6 is 11.3 Å². The van der Waals surface area contributed by atoms with E-state index in [1.165, 1.54) is 16.2 Å². The first-order valence-electron chi connectivity index (χ1n) is 4.60. The lowest BCUT2D eigenvalue weighted by Crippen LogP contribution is -2.37. The first-order valence-corrected chi connectivity index (χ1v) is 5.48. The van der Waals surface area contributed by atoms with Gasteiger partial charge >= 0.3 is 0 Å². The molecule has 6 heteroatoms. The summed E-state index contributed by atoms with van der Waals surface area (Å²) in [6.07, 6.45) is 1.67. The molecule has 5 nitrogen and oxygen atoms in total. The van der Waals surface area contributed by atoms with Crippen LogP contribution in [0.2, 0.25) is 0 Å². The number of aliphatic hydroxyl groups excluding tert-OH is 1. The maximum absolute atomic E-state index is 11.7. The van der Waals surface area contributed by atoms with Gasteiger partial charge in [0, 0.05) is 25.2 Å². The molecule has 0 saturated carbocycles. The van der Waals surface area contributed by atoms with Crippen LogP contribution in [0.5, 0.6) is 0 Å². The third-order valence-electron chi connectivity index (χ3n) is 1.97. The van der Waals surface area contributed by atoms with Gasteiger partial charge in [-0.3, -0.25) is 14.6 Å². The molecular weight excluding hydrogens is 214 g/mol. The van der Waals surface area contributed by atoms with Crippen LogP contribution in [0.1, 0.15) is 0 Å². The minimum atomic E-state index is -0.0269. The van der Waals surface area contributed by atoms with Gasteiger partial charge in [0.05, 0.1) is 13.2 Å². The van der Waals surface area contributed by atoms with Crippen molar-refractivity contribution in [2.45, 2.75) is 0 Å². The summed E-state index contributed by atoms with van der Waals surface area (Å²) in [5.41, 5.74) is 0. The maximum Gasteiger partial charge on any atom is 0.242 e. The predicted molar refractivity (Wildman–Crippen MR) is 60.1 cm³/mol. The summed E-state index contributed by atoms with van der Waals surface area (Å²) in [6.45, 7) is 0.846. The number of carbonyl (C=O) groups is 1. The number of anilines is 1. The van der Waals surface area contributed by atoms with Crippen molar-refractivity contribution in [3.63, 3.8) is 0 Å². The zero-order valence-electron chi connectivity index (χ0n) is 8.88. The molecule has 0 radical (unpaired) electrons. The normalized spacial score (nSPS) is 10.7. The van der Waals surface area contributed by atoms with Crippen molar-refractivity contribution in [1.29, 1.82) is 0 Å². The summed E-state index contributed by atoms with van der Waals surface area (Å²) in [7, 11) is 3.50. The molecule has 0 atom stereocenters. The van der Waals surface area contributed by atoms with Gasteiger partial charge < -0.3 is 5.11 Å². The third-order valence-corrected chi connectivity index (χ3v) is 2.82. The van der Waals surface area contributed by atoms with Gasteiger partial charge in [0.15, 0.2) is 5.13 Å². The second-order valence-corrected chi connectivity index (χ2v) is 4.10. The number of hydrogen-bond donors (Lipinski definition) is 1. The summed E-state index contributed by atoms with van der Waals surface area (Å²) in [6, 6.07) is 0. The van der Waals surface area contributed by atoms with E-state index in [4.69, 9.17) is 5.11 Å². The molecule has 1 N–H and O–H groups in total. The monoisotopic (exact) mass is 229 g/mol. The minimum absolute atomic E-state index is 0.0269. The number of amides is 1. The molecule has 0 aliphatic carbocycles. The second kappa shape index (κ2) is 5.79. The molecule has 1 aromatic heterocycles. The number of carbonyl (C=O) groups excluding carboxylic acids is 1. The molecule has 84 valence electrons. The van der Waals surface area contributed by atoms with E-state index < -0.39 is 0 Å². The molecule has 0 bridgehead atoms. The Morgan fingerprint density at radius 3 is 2.87 bits per heavy atom. The Morgan fingerprint density at radius 1 is 1.60 bits per heavy atom. The summed E-state index contributed by atoms with van der Waals surface area (Å²) in [4.78, 5) is 19.0. The van der Waals surface area contributed by atoms with E-state index in [0.717, 1.165) is 0 Å². The zero-order valence-corrected chi connectivity index (χ0v) is 9.70. The van der Waals surface area contributed by atoms with Crippen LogP contribution in [0.4, 0.5) is 5.13 Å². The van der Waals surface area contributed by atoms with Crippen molar-refractivity contribution >= 4 is 22.4 Å². The van der Waals surface area contributed by atoms with Gasteiger partial charge in [-0.1, -0.05) is 0 Å². The van der Waals surface area contributed by atoms with Crippen LogP contribution in [0, 0.1) is 0 Å². The highest BCUT2D eigenvalue weighted by molar-refractivity contribution is 7.13. The standard InChI is InChI=1S/C9H15N3O2S/c1-11(4-5-13)7-8(14)12(2)9-10-3-6-15-9/h3,6,13H,4-5,7H2,1-2H3. The van der Waals surface area contributed by atoms with E-state index in [2.05, 4.69) is 4.98 Å². The Bertz CT molecular complexity index is 302. The molecule has 1 rings (SSSR count). The fourth-order valence-electron chi connectivity index (χ4n) is 1.07. The van der Waals surface area contributed by atoms with Crippen LogP contribution in [-0.4, -0.2) is 54.7 Å². The Morgan fingerprint density at radius 2 is 2.33 bits per heavy atom. The molecule has 0 spiro atoms. The summed E-state index contributed by atoms with van der Waals surface area (Å²) in [5, 5.41) is 11.2. The number of nitrogens with zero attached hydrogens (tertiary/aromatic N) is 3. The van der Waals surface area contributed by atoms with Gasteiger partial charge in [0.25, 0.3) is 0 Å². The van der Waals surface area contributed by atoms with Crippen LogP contribution in [0.3, 0.4) is 0 Å². The van der Waals surface area contributed by atoms with Gasteiger partial charge in [-0.2, -0.15) is 0 Å². The average molecular weight is 229 g/mol. The number of thiazole rings is 1. The Hall–Kier alpha value is -0.980. The number of hydrogen-bond acceptors (Lipinski definition) is 5. The fourth-order valence-corrected chi connectivity index (χ4v) is 1.70. The van der Waals surface area contributed by atoms with Crippen molar-refractivity contribution in [2.75, 3.05) is 38.7 Å². The van der Waals surface area contributed by atoms with Crippen molar-refractivity contribution in [3.8, 4) is 0 Å². The molecule has 0 fully saturated rings.